The number of nitrogens with zero attached hydrogens (tertiary/aromatic N) is 1. The SMILES string of the molecule is Cc1ccc([C@]2(C)NC(=O)N(CC(=O)Nc3ccc(F)cc3)C2=O)cc1. The number of aryl methyl sites for hydroxylation is 1. The van der Waals surface area contributed by atoms with Gasteiger partial charge in [-0.15, -0.1) is 0 Å². The minimum Gasteiger partial charge on any atom is -0.325 e. The Kier molecular flexibility index (Phi) is 4.46. The number of hydrogen-bond acceptors (Lipinski definition) is 3. The van der Waals surface area contributed by atoms with Crippen molar-refractivity contribution in [2.45, 2.75) is 19.4 Å². The molecule has 0 bridgehead atoms. The van der Waals surface area contributed by atoms with Crippen LogP contribution in [0.15, 0.2) is 48.5 Å². The van der Waals surface area contributed by atoms with Crippen molar-refractivity contribution in [1.82, 2.24) is 10.2 Å². The summed E-state index contributed by atoms with van der Waals surface area (Å²) in [5.41, 5.74) is 0.832. The number of carbonyl (C=O) groups is 3. The lowest BCUT2D eigenvalue weighted by molar-refractivity contribution is -0.133. The summed E-state index contributed by atoms with van der Waals surface area (Å²) in [6.45, 7) is 3.10. The molecule has 26 heavy (non-hydrogen) atoms. The van der Waals surface area contributed by atoms with Crippen molar-refractivity contribution >= 4 is 23.5 Å². The van der Waals surface area contributed by atoms with E-state index in [1.54, 1.807) is 19.1 Å². The van der Waals surface area contributed by atoms with Gasteiger partial charge in [-0.1, -0.05) is 29.8 Å². The van der Waals surface area contributed by atoms with Gasteiger partial charge in [-0.05, 0) is 43.7 Å². The van der Waals surface area contributed by atoms with Gasteiger partial charge in [0.1, 0.15) is 17.9 Å². The highest BCUT2D eigenvalue weighted by atomic mass is 19.1. The second kappa shape index (κ2) is 6.59. The van der Waals surface area contributed by atoms with E-state index in [9.17, 15) is 18.8 Å². The van der Waals surface area contributed by atoms with E-state index in [1.165, 1.54) is 24.3 Å². The maximum atomic E-state index is 12.9. The predicted molar refractivity (Wildman–Crippen MR) is 93.8 cm³/mol. The molecule has 3 rings (SSSR count). The number of nitrogens with one attached hydrogen (secondary N) is 2. The third-order valence-electron chi connectivity index (χ3n) is 4.33. The van der Waals surface area contributed by atoms with E-state index in [0.29, 0.717) is 11.3 Å². The van der Waals surface area contributed by atoms with Crippen LogP contribution >= 0.6 is 0 Å². The number of amides is 4. The average Bonchev–Trinajstić information content (AvgIpc) is 2.82. The quantitative estimate of drug-likeness (QED) is 0.828. The summed E-state index contributed by atoms with van der Waals surface area (Å²) >= 11 is 0. The molecule has 0 aromatic heterocycles. The van der Waals surface area contributed by atoms with Gasteiger partial charge in [0, 0.05) is 5.69 Å². The number of benzene rings is 2. The van der Waals surface area contributed by atoms with E-state index in [4.69, 9.17) is 0 Å². The number of halogens is 1. The van der Waals surface area contributed by atoms with Crippen LogP contribution in [0.25, 0.3) is 0 Å². The van der Waals surface area contributed by atoms with Gasteiger partial charge in [0.2, 0.25) is 5.91 Å². The number of hydrogen-bond donors (Lipinski definition) is 2. The third kappa shape index (κ3) is 3.28. The van der Waals surface area contributed by atoms with Crippen molar-refractivity contribution in [1.29, 1.82) is 0 Å². The normalized spacial score (nSPS) is 19.4. The molecule has 0 spiro atoms. The van der Waals surface area contributed by atoms with Crippen molar-refractivity contribution in [3.63, 3.8) is 0 Å². The molecule has 134 valence electrons. The van der Waals surface area contributed by atoms with Gasteiger partial charge in [-0.3, -0.25) is 14.5 Å². The van der Waals surface area contributed by atoms with Crippen molar-refractivity contribution in [3.8, 4) is 0 Å². The molecular weight excluding hydrogens is 337 g/mol. The van der Waals surface area contributed by atoms with E-state index < -0.39 is 35.7 Å². The summed E-state index contributed by atoms with van der Waals surface area (Å²) in [5, 5.41) is 5.18. The maximum absolute atomic E-state index is 12.9. The summed E-state index contributed by atoms with van der Waals surface area (Å²) in [7, 11) is 0. The molecule has 2 N–H and O–H groups in total. The molecule has 4 amide bonds. The Morgan fingerprint density at radius 1 is 1.12 bits per heavy atom. The largest absolute Gasteiger partial charge is 0.325 e. The summed E-state index contributed by atoms with van der Waals surface area (Å²) in [6.07, 6.45) is 0. The number of imide groups is 1. The highest BCUT2D eigenvalue weighted by Gasteiger charge is 2.49. The fraction of sp³-hybridized carbons (Fsp3) is 0.211. The molecule has 1 heterocycles. The molecule has 1 aliphatic heterocycles. The van der Waals surface area contributed by atoms with E-state index in [1.807, 2.05) is 19.1 Å². The molecule has 0 aliphatic carbocycles. The molecule has 7 heteroatoms. The minimum absolute atomic E-state index is 0.379. The van der Waals surface area contributed by atoms with E-state index in [0.717, 1.165) is 10.5 Å². The van der Waals surface area contributed by atoms with Crippen LogP contribution in [-0.2, 0) is 15.1 Å². The standard InChI is InChI=1S/C19H18FN3O3/c1-12-3-5-13(6-4-12)19(2)17(25)23(18(26)22-19)11-16(24)21-15-9-7-14(20)8-10-15/h3-10H,11H2,1-2H3,(H,21,24)(H,22,26)/t19-/m0/s1. The Bertz CT molecular complexity index is 865. The summed E-state index contributed by atoms with van der Waals surface area (Å²) in [5.74, 6) is -1.47. The molecular formula is C19H18FN3O3. The van der Waals surface area contributed by atoms with Crippen LogP contribution in [-0.4, -0.2) is 29.3 Å². The second-order valence-corrected chi connectivity index (χ2v) is 6.37. The van der Waals surface area contributed by atoms with Gasteiger partial charge in [0.25, 0.3) is 5.91 Å². The monoisotopic (exact) mass is 355 g/mol. The van der Waals surface area contributed by atoms with Crippen LogP contribution in [0.3, 0.4) is 0 Å². The van der Waals surface area contributed by atoms with Crippen LogP contribution in [0.2, 0.25) is 0 Å². The van der Waals surface area contributed by atoms with Gasteiger partial charge in [0.05, 0.1) is 0 Å². The number of anilines is 1. The Balaban J connectivity index is 1.73. The highest BCUT2D eigenvalue weighted by Crippen LogP contribution is 2.28. The van der Waals surface area contributed by atoms with E-state index >= 15 is 0 Å². The van der Waals surface area contributed by atoms with Crippen molar-refractivity contribution < 1.29 is 18.8 Å². The van der Waals surface area contributed by atoms with Crippen LogP contribution in [0.1, 0.15) is 18.1 Å². The summed E-state index contributed by atoms with van der Waals surface area (Å²) in [6, 6.07) is 11.8. The maximum Gasteiger partial charge on any atom is 0.325 e. The lowest BCUT2D eigenvalue weighted by Gasteiger charge is -2.22. The number of carbonyl (C=O) groups excluding carboxylic acids is 3. The molecule has 1 aliphatic rings. The Morgan fingerprint density at radius 2 is 1.73 bits per heavy atom. The Hall–Kier alpha value is -3.22. The summed E-state index contributed by atoms with van der Waals surface area (Å²) < 4.78 is 12.9. The van der Waals surface area contributed by atoms with Crippen LogP contribution in [0, 0.1) is 12.7 Å². The first-order chi connectivity index (χ1) is 12.3. The first kappa shape index (κ1) is 17.6. The van der Waals surface area contributed by atoms with E-state index in [-0.39, 0.29) is 0 Å². The zero-order valence-corrected chi connectivity index (χ0v) is 14.4. The Labute approximate surface area is 150 Å². The zero-order chi connectivity index (χ0) is 18.9. The fourth-order valence-corrected chi connectivity index (χ4v) is 2.80. The van der Waals surface area contributed by atoms with Gasteiger partial charge in [0.15, 0.2) is 0 Å². The van der Waals surface area contributed by atoms with Crippen molar-refractivity contribution in [2.24, 2.45) is 0 Å². The fourth-order valence-electron chi connectivity index (χ4n) is 2.80. The summed E-state index contributed by atoms with van der Waals surface area (Å²) in [4.78, 5) is 38.0. The predicted octanol–water partition coefficient (Wildman–Crippen LogP) is 2.54. The van der Waals surface area contributed by atoms with Crippen LogP contribution in [0.4, 0.5) is 14.9 Å². The third-order valence-corrected chi connectivity index (χ3v) is 4.33. The smallest absolute Gasteiger partial charge is 0.325 e. The molecule has 1 fully saturated rings. The molecule has 0 saturated carbocycles. The second-order valence-electron chi connectivity index (χ2n) is 6.37. The first-order valence-corrected chi connectivity index (χ1v) is 8.06. The average molecular weight is 355 g/mol. The van der Waals surface area contributed by atoms with Crippen LogP contribution in [0.5, 0.6) is 0 Å². The lowest BCUT2D eigenvalue weighted by Crippen LogP contribution is -2.42. The highest BCUT2D eigenvalue weighted by molar-refractivity contribution is 6.10. The molecule has 2 aromatic carbocycles. The minimum atomic E-state index is -1.22. The molecule has 1 atom stereocenters. The van der Waals surface area contributed by atoms with Gasteiger partial charge >= 0.3 is 6.03 Å². The van der Waals surface area contributed by atoms with Gasteiger partial charge in [-0.2, -0.15) is 0 Å². The number of urea groups is 1. The number of rotatable bonds is 4. The van der Waals surface area contributed by atoms with Crippen molar-refractivity contribution in [2.75, 3.05) is 11.9 Å². The van der Waals surface area contributed by atoms with E-state index in [2.05, 4.69) is 10.6 Å². The Morgan fingerprint density at radius 3 is 2.35 bits per heavy atom. The molecule has 0 unspecified atom stereocenters. The zero-order valence-electron chi connectivity index (χ0n) is 14.4. The van der Waals surface area contributed by atoms with Gasteiger partial charge < -0.3 is 10.6 Å². The van der Waals surface area contributed by atoms with Crippen LogP contribution < -0.4 is 10.6 Å². The molecule has 2 aromatic rings. The van der Waals surface area contributed by atoms with Crippen molar-refractivity contribution in [3.05, 3.63) is 65.5 Å². The lowest BCUT2D eigenvalue weighted by atomic mass is 9.91. The van der Waals surface area contributed by atoms with Gasteiger partial charge in [-0.25, -0.2) is 9.18 Å². The molecule has 6 nitrogen and oxygen atoms in total. The molecule has 1 saturated heterocycles. The topological polar surface area (TPSA) is 78.5 Å². The first-order valence-electron chi connectivity index (χ1n) is 8.06. The molecule has 0 radical (unpaired) electrons.